The van der Waals surface area contributed by atoms with Crippen LogP contribution in [0.4, 0.5) is 8.78 Å². The lowest BCUT2D eigenvalue weighted by molar-refractivity contribution is -0.157. The van der Waals surface area contributed by atoms with Gasteiger partial charge in [-0.15, -0.1) is 0 Å². The van der Waals surface area contributed by atoms with Gasteiger partial charge in [0.25, 0.3) is 5.91 Å². The van der Waals surface area contributed by atoms with Gasteiger partial charge in [-0.1, -0.05) is 12.1 Å². The van der Waals surface area contributed by atoms with Crippen molar-refractivity contribution < 1.29 is 18.7 Å². The van der Waals surface area contributed by atoms with Gasteiger partial charge >= 0.3 is 0 Å². The number of carbonyl (C=O) groups excluding carboxylic acids is 1. The number of aromatic nitrogens is 1. The van der Waals surface area contributed by atoms with Crippen molar-refractivity contribution in [3.8, 4) is 0 Å². The van der Waals surface area contributed by atoms with Crippen molar-refractivity contribution in [2.45, 2.75) is 31.5 Å². The van der Waals surface area contributed by atoms with E-state index in [4.69, 9.17) is 0 Å². The highest BCUT2D eigenvalue weighted by Gasteiger charge is 2.41. The molecular formula is C19H21F2N3O2. The molecule has 1 aliphatic rings. The third-order valence-corrected chi connectivity index (χ3v) is 4.53. The Labute approximate surface area is 150 Å². The van der Waals surface area contributed by atoms with Gasteiger partial charge in [0.15, 0.2) is 17.2 Å². The highest BCUT2D eigenvalue weighted by atomic mass is 19.2. The Morgan fingerprint density at radius 1 is 1.23 bits per heavy atom. The van der Waals surface area contributed by atoms with E-state index in [0.717, 1.165) is 17.7 Å². The normalized spacial score (nSPS) is 20.4. The van der Waals surface area contributed by atoms with Crippen LogP contribution in [0.15, 0.2) is 42.7 Å². The van der Waals surface area contributed by atoms with Crippen molar-refractivity contribution >= 4 is 5.91 Å². The van der Waals surface area contributed by atoms with E-state index in [2.05, 4.69) is 10.3 Å². The van der Waals surface area contributed by atoms with E-state index in [-0.39, 0.29) is 13.1 Å². The third-order valence-electron chi connectivity index (χ3n) is 4.53. The largest absolute Gasteiger partial charge is 0.379 e. The van der Waals surface area contributed by atoms with E-state index in [0.29, 0.717) is 31.5 Å². The number of rotatable bonds is 6. The predicted molar refractivity (Wildman–Crippen MR) is 91.9 cm³/mol. The van der Waals surface area contributed by atoms with E-state index in [1.54, 1.807) is 12.4 Å². The van der Waals surface area contributed by atoms with Crippen LogP contribution in [-0.2, 0) is 17.9 Å². The van der Waals surface area contributed by atoms with Crippen molar-refractivity contribution in [2.75, 3.05) is 13.1 Å². The molecule has 1 saturated heterocycles. The Morgan fingerprint density at radius 3 is 2.81 bits per heavy atom. The minimum Gasteiger partial charge on any atom is -0.379 e. The molecule has 0 saturated carbocycles. The molecule has 1 aromatic heterocycles. The lowest BCUT2D eigenvalue weighted by Gasteiger charge is -2.38. The molecule has 0 spiro atoms. The number of likely N-dealkylation sites (tertiary alicyclic amines) is 1. The van der Waals surface area contributed by atoms with Gasteiger partial charge < -0.3 is 15.3 Å². The molecule has 1 unspecified atom stereocenters. The molecule has 2 aromatic rings. The summed E-state index contributed by atoms with van der Waals surface area (Å²) in [5.41, 5.74) is -0.0539. The minimum absolute atomic E-state index is 0.120. The van der Waals surface area contributed by atoms with Gasteiger partial charge in [0.1, 0.15) is 0 Å². The van der Waals surface area contributed by atoms with Crippen molar-refractivity contribution in [3.63, 3.8) is 0 Å². The maximum Gasteiger partial charge on any atom is 0.256 e. The molecule has 1 fully saturated rings. The second kappa shape index (κ2) is 7.88. The van der Waals surface area contributed by atoms with Gasteiger partial charge in [-0.05, 0) is 42.2 Å². The van der Waals surface area contributed by atoms with Crippen LogP contribution in [0.5, 0.6) is 0 Å². The number of hydrogen-bond donors (Lipinski definition) is 2. The zero-order valence-corrected chi connectivity index (χ0v) is 14.3. The van der Waals surface area contributed by atoms with Crippen molar-refractivity contribution in [3.05, 3.63) is 65.5 Å². The molecule has 1 amide bonds. The first-order valence-electron chi connectivity index (χ1n) is 8.53. The molecule has 138 valence electrons. The van der Waals surface area contributed by atoms with Crippen LogP contribution in [0.25, 0.3) is 0 Å². The Bertz CT molecular complexity index is 773. The summed E-state index contributed by atoms with van der Waals surface area (Å²) in [5.74, 6) is -2.26. The van der Waals surface area contributed by atoms with Crippen molar-refractivity contribution in [1.29, 1.82) is 0 Å². The van der Waals surface area contributed by atoms with Crippen LogP contribution >= 0.6 is 0 Å². The quantitative estimate of drug-likeness (QED) is 0.826. The summed E-state index contributed by atoms with van der Waals surface area (Å²) in [6, 6.07) is 7.29. The molecular weight excluding hydrogens is 340 g/mol. The van der Waals surface area contributed by atoms with E-state index in [1.165, 1.54) is 11.0 Å². The lowest BCUT2D eigenvalue weighted by Crippen LogP contribution is -2.57. The highest BCUT2D eigenvalue weighted by Crippen LogP contribution is 2.24. The van der Waals surface area contributed by atoms with Gasteiger partial charge in [-0.2, -0.15) is 0 Å². The molecule has 1 aromatic carbocycles. The monoisotopic (exact) mass is 361 g/mol. The van der Waals surface area contributed by atoms with Crippen LogP contribution in [0, 0.1) is 11.6 Å². The Kier molecular flexibility index (Phi) is 5.58. The third kappa shape index (κ3) is 4.23. The van der Waals surface area contributed by atoms with Gasteiger partial charge in [0.2, 0.25) is 0 Å². The summed E-state index contributed by atoms with van der Waals surface area (Å²) in [4.78, 5) is 18.2. The number of halogens is 2. The van der Waals surface area contributed by atoms with Crippen LogP contribution in [0.2, 0.25) is 0 Å². The standard InChI is InChI=1S/C19H21F2N3O2/c20-16-5-4-14(9-17(16)21)12-24-8-2-6-19(26,18(24)25)13-23-11-15-3-1-7-22-10-15/h1,3-5,7,9-10,23,26H,2,6,8,11-13H2. The number of amides is 1. The molecule has 2 N–H and O–H groups in total. The first kappa shape index (κ1) is 18.4. The second-order valence-electron chi connectivity index (χ2n) is 6.58. The number of aliphatic hydroxyl groups is 1. The number of benzene rings is 1. The summed E-state index contributed by atoms with van der Waals surface area (Å²) in [6.07, 6.45) is 4.40. The first-order chi connectivity index (χ1) is 12.5. The fraction of sp³-hybridized carbons (Fsp3) is 0.368. The summed E-state index contributed by atoms with van der Waals surface area (Å²) in [5, 5.41) is 13.9. The molecule has 2 heterocycles. The smallest absolute Gasteiger partial charge is 0.256 e. The Morgan fingerprint density at radius 2 is 2.08 bits per heavy atom. The summed E-state index contributed by atoms with van der Waals surface area (Å²) in [6.45, 7) is 1.23. The zero-order chi connectivity index (χ0) is 18.6. The molecule has 0 bridgehead atoms. The molecule has 7 heteroatoms. The SMILES string of the molecule is O=C1N(Cc2ccc(F)c(F)c2)CCCC1(O)CNCc1cccnc1. The molecule has 0 radical (unpaired) electrons. The zero-order valence-electron chi connectivity index (χ0n) is 14.3. The fourth-order valence-electron chi connectivity index (χ4n) is 3.15. The number of nitrogens with one attached hydrogen (secondary N) is 1. The fourth-order valence-corrected chi connectivity index (χ4v) is 3.15. The van der Waals surface area contributed by atoms with Crippen LogP contribution in [-0.4, -0.2) is 39.6 Å². The topological polar surface area (TPSA) is 65.5 Å². The number of pyridine rings is 1. The van der Waals surface area contributed by atoms with Gasteiger partial charge in [-0.3, -0.25) is 9.78 Å². The minimum atomic E-state index is -1.50. The molecule has 1 atom stereocenters. The highest BCUT2D eigenvalue weighted by molar-refractivity contribution is 5.86. The van der Waals surface area contributed by atoms with E-state index in [1.807, 2.05) is 12.1 Å². The van der Waals surface area contributed by atoms with Gasteiger partial charge in [0.05, 0.1) is 0 Å². The molecule has 3 rings (SSSR count). The van der Waals surface area contributed by atoms with Crippen LogP contribution < -0.4 is 5.32 Å². The summed E-state index contributed by atoms with van der Waals surface area (Å²) < 4.78 is 26.4. The molecule has 1 aliphatic heterocycles. The van der Waals surface area contributed by atoms with E-state index < -0.39 is 23.1 Å². The number of nitrogens with zero attached hydrogens (tertiary/aromatic N) is 2. The average molecular weight is 361 g/mol. The molecule has 26 heavy (non-hydrogen) atoms. The lowest BCUT2D eigenvalue weighted by atomic mass is 9.91. The van der Waals surface area contributed by atoms with Crippen LogP contribution in [0.1, 0.15) is 24.0 Å². The number of hydrogen-bond acceptors (Lipinski definition) is 4. The van der Waals surface area contributed by atoms with Gasteiger partial charge in [0, 0.05) is 38.6 Å². The van der Waals surface area contributed by atoms with E-state index in [9.17, 15) is 18.7 Å². The molecule has 5 nitrogen and oxygen atoms in total. The summed E-state index contributed by atoms with van der Waals surface area (Å²) in [7, 11) is 0. The second-order valence-corrected chi connectivity index (χ2v) is 6.58. The number of piperidine rings is 1. The van der Waals surface area contributed by atoms with Crippen molar-refractivity contribution in [1.82, 2.24) is 15.2 Å². The summed E-state index contributed by atoms with van der Waals surface area (Å²) >= 11 is 0. The van der Waals surface area contributed by atoms with E-state index >= 15 is 0 Å². The van der Waals surface area contributed by atoms with Crippen molar-refractivity contribution in [2.24, 2.45) is 0 Å². The average Bonchev–Trinajstić information content (AvgIpc) is 2.63. The molecule has 0 aliphatic carbocycles. The maximum absolute atomic E-state index is 13.4. The number of carbonyl (C=O) groups is 1. The Balaban J connectivity index is 1.61. The Hall–Kier alpha value is -2.38. The maximum atomic E-state index is 13.4. The van der Waals surface area contributed by atoms with Gasteiger partial charge in [-0.25, -0.2) is 8.78 Å². The first-order valence-corrected chi connectivity index (χ1v) is 8.53. The van der Waals surface area contributed by atoms with Crippen LogP contribution in [0.3, 0.4) is 0 Å². The predicted octanol–water partition coefficient (Wildman–Crippen LogP) is 2.00.